The number of rotatable bonds is 7. The van der Waals surface area contributed by atoms with Crippen LogP contribution in [0.25, 0.3) is 0 Å². The molecule has 1 saturated heterocycles. The van der Waals surface area contributed by atoms with E-state index >= 15 is 0 Å². The van der Waals surface area contributed by atoms with Gasteiger partial charge in [0.15, 0.2) is 5.82 Å². The zero-order valence-electron chi connectivity index (χ0n) is 13.0. The fourth-order valence-electron chi connectivity index (χ4n) is 2.43. The Hall–Kier alpha value is -1.47. The van der Waals surface area contributed by atoms with E-state index in [1.165, 1.54) is 0 Å². The lowest BCUT2D eigenvalue weighted by Crippen LogP contribution is -2.48. The molecule has 1 N–H and O–H groups in total. The maximum Gasteiger partial charge on any atom is 0.226 e. The Morgan fingerprint density at radius 2 is 2.10 bits per heavy atom. The maximum atomic E-state index is 12.0. The minimum Gasteiger partial charge on any atom is -0.340 e. The molecule has 1 amide bonds. The van der Waals surface area contributed by atoms with E-state index in [4.69, 9.17) is 4.52 Å². The summed E-state index contributed by atoms with van der Waals surface area (Å²) in [5.41, 5.74) is 0. The molecule has 7 nitrogen and oxygen atoms in total. The van der Waals surface area contributed by atoms with Crippen LogP contribution in [-0.2, 0) is 17.8 Å². The highest BCUT2D eigenvalue weighted by molar-refractivity contribution is 5.76. The summed E-state index contributed by atoms with van der Waals surface area (Å²) in [6, 6.07) is 0. The second kappa shape index (κ2) is 8.09. The zero-order valence-corrected chi connectivity index (χ0v) is 13.0. The first-order chi connectivity index (χ1) is 10.2. The molecular weight excluding hydrogens is 270 g/mol. The van der Waals surface area contributed by atoms with Crippen LogP contribution >= 0.6 is 0 Å². The molecule has 118 valence electrons. The molecule has 0 bridgehead atoms. The molecule has 2 rings (SSSR count). The smallest absolute Gasteiger partial charge is 0.226 e. The van der Waals surface area contributed by atoms with E-state index < -0.39 is 0 Å². The molecule has 0 unspecified atom stereocenters. The molecule has 1 aliphatic heterocycles. The van der Waals surface area contributed by atoms with Crippen molar-refractivity contribution < 1.29 is 9.32 Å². The highest BCUT2D eigenvalue weighted by Crippen LogP contribution is 2.08. The predicted octanol–water partition coefficient (Wildman–Crippen LogP) is 0.276. The van der Waals surface area contributed by atoms with Crippen molar-refractivity contribution in [1.29, 1.82) is 0 Å². The number of carbonyl (C=O) groups excluding carboxylic acids is 1. The number of aromatic nitrogens is 2. The maximum absolute atomic E-state index is 12.0. The van der Waals surface area contributed by atoms with Crippen molar-refractivity contribution in [3.05, 3.63) is 11.7 Å². The number of piperazine rings is 1. The molecule has 2 heterocycles. The summed E-state index contributed by atoms with van der Waals surface area (Å²) in [7, 11) is 1.91. The fourth-order valence-corrected chi connectivity index (χ4v) is 2.43. The molecule has 7 heteroatoms. The van der Waals surface area contributed by atoms with Crippen LogP contribution in [0.3, 0.4) is 0 Å². The third-order valence-corrected chi connectivity index (χ3v) is 3.72. The molecule has 21 heavy (non-hydrogen) atoms. The number of hydrogen-bond donors (Lipinski definition) is 1. The predicted molar refractivity (Wildman–Crippen MR) is 78.7 cm³/mol. The first kappa shape index (κ1) is 15.9. The van der Waals surface area contributed by atoms with Crippen LogP contribution in [-0.4, -0.2) is 65.6 Å². The average molecular weight is 295 g/mol. The minimum atomic E-state index is 0.262. The molecule has 1 aromatic heterocycles. The van der Waals surface area contributed by atoms with Crippen LogP contribution < -0.4 is 5.32 Å². The first-order valence-corrected chi connectivity index (χ1v) is 7.69. The van der Waals surface area contributed by atoms with Gasteiger partial charge in [-0.25, -0.2) is 0 Å². The quantitative estimate of drug-likeness (QED) is 0.728. The summed E-state index contributed by atoms with van der Waals surface area (Å²) in [4.78, 5) is 20.6. The summed E-state index contributed by atoms with van der Waals surface area (Å²) in [6.07, 6.45) is 2.30. The molecule has 0 radical (unpaired) electrons. The normalized spacial score (nSPS) is 16.4. The lowest BCUT2D eigenvalue weighted by Gasteiger charge is -2.34. The van der Waals surface area contributed by atoms with Crippen LogP contribution in [0.15, 0.2) is 4.52 Å². The highest BCUT2D eigenvalue weighted by atomic mass is 16.5. The van der Waals surface area contributed by atoms with E-state index in [1.54, 1.807) is 0 Å². The summed E-state index contributed by atoms with van der Waals surface area (Å²) >= 11 is 0. The standard InChI is InChI=1S/C14H25N5O2/c1-3-13-16-12(17-21-13)11-18-7-9-19(10-8-18)14(20)5-4-6-15-2/h15H,3-11H2,1-2H3. The zero-order chi connectivity index (χ0) is 15.1. The van der Waals surface area contributed by atoms with Gasteiger partial charge in [0.05, 0.1) is 6.54 Å². The van der Waals surface area contributed by atoms with Gasteiger partial charge in [-0.1, -0.05) is 12.1 Å². The second-order valence-corrected chi connectivity index (χ2v) is 5.32. The van der Waals surface area contributed by atoms with Crippen molar-refractivity contribution in [3.63, 3.8) is 0 Å². The minimum absolute atomic E-state index is 0.262. The van der Waals surface area contributed by atoms with Crippen molar-refractivity contribution in [2.75, 3.05) is 39.8 Å². The first-order valence-electron chi connectivity index (χ1n) is 7.69. The van der Waals surface area contributed by atoms with Crippen LogP contribution in [0, 0.1) is 0 Å². The number of amides is 1. The van der Waals surface area contributed by atoms with Crippen LogP contribution in [0.2, 0.25) is 0 Å². The van der Waals surface area contributed by atoms with E-state index in [0.717, 1.165) is 51.4 Å². The number of nitrogens with one attached hydrogen (secondary N) is 1. The number of aryl methyl sites for hydroxylation is 1. The molecule has 0 aliphatic carbocycles. The number of hydrogen-bond acceptors (Lipinski definition) is 6. The van der Waals surface area contributed by atoms with Crippen LogP contribution in [0.1, 0.15) is 31.5 Å². The lowest BCUT2D eigenvalue weighted by atomic mass is 10.2. The number of nitrogens with zero attached hydrogens (tertiary/aromatic N) is 4. The Morgan fingerprint density at radius 3 is 2.71 bits per heavy atom. The van der Waals surface area contributed by atoms with E-state index in [0.29, 0.717) is 18.9 Å². The Bertz CT molecular complexity index is 440. The van der Waals surface area contributed by atoms with Crippen molar-refractivity contribution in [2.45, 2.75) is 32.7 Å². The Balaban J connectivity index is 1.71. The topological polar surface area (TPSA) is 74.5 Å². The molecule has 0 aromatic carbocycles. The molecular formula is C14H25N5O2. The Labute approximate surface area is 125 Å². The molecule has 1 aromatic rings. The van der Waals surface area contributed by atoms with Gasteiger partial charge in [-0.3, -0.25) is 9.69 Å². The molecule has 1 aliphatic rings. The molecule has 1 fully saturated rings. The van der Waals surface area contributed by atoms with Crippen molar-refractivity contribution in [1.82, 2.24) is 25.3 Å². The van der Waals surface area contributed by atoms with Gasteiger partial charge in [0.1, 0.15) is 0 Å². The van der Waals surface area contributed by atoms with Crippen molar-refractivity contribution in [2.24, 2.45) is 0 Å². The SMILES string of the molecule is CCc1nc(CN2CCN(C(=O)CCCNC)CC2)no1. The van der Waals surface area contributed by atoms with Gasteiger partial charge in [-0.05, 0) is 20.0 Å². The molecule has 0 saturated carbocycles. The lowest BCUT2D eigenvalue weighted by molar-refractivity contribution is -0.133. The number of carbonyl (C=O) groups is 1. The van der Waals surface area contributed by atoms with Crippen LogP contribution in [0.4, 0.5) is 0 Å². The van der Waals surface area contributed by atoms with Gasteiger partial charge in [-0.2, -0.15) is 4.98 Å². The molecule has 0 spiro atoms. The van der Waals surface area contributed by atoms with E-state index in [1.807, 2.05) is 18.9 Å². The third-order valence-electron chi connectivity index (χ3n) is 3.72. The Morgan fingerprint density at radius 1 is 1.33 bits per heavy atom. The van der Waals surface area contributed by atoms with Gasteiger partial charge in [0, 0.05) is 39.0 Å². The second-order valence-electron chi connectivity index (χ2n) is 5.32. The summed E-state index contributed by atoms with van der Waals surface area (Å²) in [5, 5.41) is 7.04. The summed E-state index contributed by atoms with van der Waals surface area (Å²) in [5.74, 6) is 1.68. The van der Waals surface area contributed by atoms with Gasteiger partial charge in [0.2, 0.25) is 11.8 Å². The van der Waals surface area contributed by atoms with Gasteiger partial charge >= 0.3 is 0 Å². The summed E-state index contributed by atoms with van der Waals surface area (Å²) in [6.45, 7) is 6.90. The van der Waals surface area contributed by atoms with E-state index in [9.17, 15) is 4.79 Å². The van der Waals surface area contributed by atoms with Crippen LogP contribution in [0.5, 0.6) is 0 Å². The van der Waals surface area contributed by atoms with E-state index in [2.05, 4.69) is 20.4 Å². The van der Waals surface area contributed by atoms with Crippen molar-refractivity contribution >= 4 is 5.91 Å². The third kappa shape index (κ3) is 4.78. The fraction of sp³-hybridized carbons (Fsp3) is 0.786. The highest BCUT2D eigenvalue weighted by Gasteiger charge is 2.21. The average Bonchev–Trinajstić information content (AvgIpc) is 2.96. The van der Waals surface area contributed by atoms with Crippen molar-refractivity contribution in [3.8, 4) is 0 Å². The van der Waals surface area contributed by atoms with Gasteiger partial charge in [-0.15, -0.1) is 0 Å². The summed E-state index contributed by atoms with van der Waals surface area (Å²) < 4.78 is 5.11. The monoisotopic (exact) mass is 295 g/mol. The molecule has 0 atom stereocenters. The van der Waals surface area contributed by atoms with Gasteiger partial charge < -0.3 is 14.7 Å². The largest absolute Gasteiger partial charge is 0.340 e. The Kier molecular flexibility index (Phi) is 6.13. The van der Waals surface area contributed by atoms with Gasteiger partial charge in [0.25, 0.3) is 0 Å². The van der Waals surface area contributed by atoms with E-state index in [-0.39, 0.29) is 5.91 Å².